The summed E-state index contributed by atoms with van der Waals surface area (Å²) < 4.78 is 20.6. The zero-order valence-corrected chi connectivity index (χ0v) is 10.1. The van der Waals surface area contributed by atoms with Gasteiger partial charge in [-0.05, 0) is 12.5 Å². The molecular weight excluding hydrogens is 183 g/mol. The fourth-order valence-electron chi connectivity index (χ4n) is 0.938. The van der Waals surface area contributed by atoms with Gasteiger partial charge in [-0.2, -0.15) is 0 Å². The van der Waals surface area contributed by atoms with E-state index in [-0.39, 0.29) is 35.3 Å². The molecule has 0 spiro atoms. The fraction of sp³-hybridized carbons (Fsp3) is 0.250. The van der Waals surface area contributed by atoms with Gasteiger partial charge in [-0.1, -0.05) is 40.9 Å². The molecule has 0 aromatic heterocycles. The van der Waals surface area contributed by atoms with E-state index in [1.54, 1.807) is 0 Å². The summed E-state index contributed by atoms with van der Waals surface area (Å²) in [5, 5.41) is 0. The number of aryl methyl sites for hydroxylation is 1. The summed E-state index contributed by atoms with van der Waals surface area (Å²) in [5.41, 5.74) is 1.94. The van der Waals surface area contributed by atoms with Gasteiger partial charge in [0, 0.05) is 5.75 Å². The van der Waals surface area contributed by atoms with Gasteiger partial charge in [0.25, 0.3) is 0 Å². The number of rotatable bonds is 2. The average Bonchev–Trinajstić information content (AvgIpc) is 1.85. The monoisotopic (exact) mass is 192 g/mol. The van der Waals surface area contributed by atoms with Crippen LogP contribution in [-0.4, -0.2) is 8.76 Å². The molecule has 1 atom stereocenters. The first-order valence-corrected chi connectivity index (χ1v) is 4.54. The molecule has 0 saturated carbocycles. The first-order chi connectivity index (χ1) is 5.18. The van der Waals surface area contributed by atoms with Crippen LogP contribution < -0.4 is 29.6 Å². The van der Waals surface area contributed by atoms with Crippen LogP contribution in [0.25, 0.3) is 0 Å². The Balaban J connectivity index is 0.00000121. The minimum absolute atomic E-state index is 0. The van der Waals surface area contributed by atoms with E-state index in [1.165, 1.54) is 0 Å². The van der Waals surface area contributed by atoms with Gasteiger partial charge in [0.05, 0.1) is 0 Å². The Morgan fingerprint density at radius 2 is 2.17 bits per heavy atom. The van der Waals surface area contributed by atoms with Crippen molar-refractivity contribution in [3.63, 3.8) is 0 Å². The second-order valence-electron chi connectivity index (χ2n) is 2.44. The van der Waals surface area contributed by atoms with Crippen molar-refractivity contribution >= 4 is 11.1 Å². The average molecular weight is 192 g/mol. The van der Waals surface area contributed by atoms with Crippen molar-refractivity contribution in [3.8, 4) is 0 Å². The molecule has 0 N–H and O–H groups in total. The molecule has 0 aliphatic carbocycles. The van der Waals surface area contributed by atoms with E-state index in [0.29, 0.717) is 0 Å². The molecule has 1 rings (SSSR count). The second-order valence-corrected chi connectivity index (χ2v) is 3.33. The molecule has 0 amide bonds. The number of hydrogen-bond donors (Lipinski definition) is 0. The molecule has 0 heterocycles. The first-order valence-electron chi connectivity index (χ1n) is 3.30. The van der Waals surface area contributed by atoms with Gasteiger partial charge in [0.1, 0.15) is 0 Å². The van der Waals surface area contributed by atoms with Crippen molar-refractivity contribution in [3.05, 3.63) is 35.4 Å². The third kappa shape index (κ3) is 4.38. The van der Waals surface area contributed by atoms with Crippen molar-refractivity contribution in [2.45, 2.75) is 12.7 Å². The van der Waals surface area contributed by atoms with Crippen LogP contribution in [0, 0.1) is 6.92 Å². The Bertz CT molecular complexity index is 276. The smallest absolute Gasteiger partial charge is 0.772 e. The van der Waals surface area contributed by atoms with Gasteiger partial charge in [-0.15, -0.1) is 0 Å². The Kier molecular flexibility index (Phi) is 6.05. The van der Waals surface area contributed by atoms with Crippen molar-refractivity contribution in [2.75, 3.05) is 0 Å². The van der Waals surface area contributed by atoms with Crippen LogP contribution in [0.4, 0.5) is 0 Å². The van der Waals surface area contributed by atoms with Crippen molar-refractivity contribution in [1.82, 2.24) is 0 Å². The van der Waals surface area contributed by atoms with Crippen molar-refractivity contribution in [1.29, 1.82) is 0 Å². The molecule has 4 heteroatoms. The molecule has 0 saturated heterocycles. The Labute approximate surface area is 97.0 Å². The molecule has 12 heavy (non-hydrogen) atoms. The maximum atomic E-state index is 10.3. The molecule has 2 nitrogen and oxygen atoms in total. The molecule has 1 unspecified atom stereocenters. The first kappa shape index (κ1) is 12.3. The summed E-state index contributed by atoms with van der Waals surface area (Å²) in [7, 11) is 0. The SMILES string of the molecule is Cc1cccc(CS(=O)[O-])c1.[Na+]. The van der Waals surface area contributed by atoms with E-state index in [0.717, 1.165) is 11.1 Å². The van der Waals surface area contributed by atoms with E-state index in [2.05, 4.69) is 0 Å². The van der Waals surface area contributed by atoms with Gasteiger partial charge < -0.3 is 4.55 Å². The van der Waals surface area contributed by atoms with Crippen LogP contribution in [0.5, 0.6) is 0 Å². The minimum atomic E-state index is -1.97. The molecule has 60 valence electrons. The maximum absolute atomic E-state index is 10.3. The summed E-state index contributed by atoms with van der Waals surface area (Å²) in [6, 6.07) is 7.48. The normalized spacial score (nSPS) is 11.8. The molecule has 1 aromatic rings. The number of benzene rings is 1. The third-order valence-electron chi connectivity index (χ3n) is 1.37. The standard InChI is InChI=1S/C8H10O2S.Na/c1-7-3-2-4-8(5-7)6-11(9)10;/h2-5H,6H2,1H3,(H,9,10);/q;+1/p-1. The Hall–Kier alpha value is 0.330. The molecule has 0 fully saturated rings. The summed E-state index contributed by atoms with van der Waals surface area (Å²) in [6.45, 7) is 1.94. The van der Waals surface area contributed by atoms with Crippen LogP contribution in [0.15, 0.2) is 24.3 Å². The number of hydrogen-bond acceptors (Lipinski definition) is 2. The van der Waals surface area contributed by atoms with E-state index in [4.69, 9.17) is 0 Å². The summed E-state index contributed by atoms with van der Waals surface area (Å²) >= 11 is -1.97. The Morgan fingerprint density at radius 1 is 1.50 bits per heavy atom. The second kappa shape index (κ2) is 5.89. The molecular formula is C8H9NaO2S. The van der Waals surface area contributed by atoms with Gasteiger partial charge in [0.15, 0.2) is 0 Å². The Morgan fingerprint density at radius 3 is 2.67 bits per heavy atom. The van der Waals surface area contributed by atoms with E-state index in [1.807, 2.05) is 31.2 Å². The van der Waals surface area contributed by atoms with Gasteiger partial charge in [0.2, 0.25) is 0 Å². The van der Waals surface area contributed by atoms with E-state index >= 15 is 0 Å². The van der Waals surface area contributed by atoms with Crippen molar-refractivity contribution in [2.24, 2.45) is 0 Å². The van der Waals surface area contributed by atoms with Crippen molar-refractivity contribution < 1.29 is 38.3 Å². The quantitative estimate of drug-likeness (QED) is 0.417. The third-order valence-corrected chi connectivity index (χ3v) is 1.94. The maximum Gasteiger partial charge on any atom is 1.00 e. The van der Waals surface area contributed by atoms with Gasteiger partial charge in [-0.3, -0.25) is 4.21 Å². The van der Waals surface area contributed by atoms with Gasteiger partial charge in [-0.25, -0.2) is 0 Å². The predicted molar refractivity (Wildman–Crippen MR) is 43.8 cm³/mol. The topological polar surface area (TPSA) is 40.1 Å². The fourth-order valence-corrected chi connectivity index (χ4v) is 1.39. The van der Waals surface area contributed by atoms with Gasteiger partial charge >= 0.3 is 29.6 Å². The zero-order chi connectivity index (χ0) is 8.27. The zero-order valence-electron chi connectivity index (χ0n) is 7.24. The van der Waals surface area contributed by atoms with E-state index < -0.39 is 11.1 Å². The largest absolute Gasteiger partial charge is 1.00 e. The molecule has 0 aliphatic heterocycles. The summed E-state index contributed by atoms with van der Waals surface area (Å²) in [6.07, 6.45) is 0. The molecule has 0 bridgehead atoms. The summed E-state index contributed by atoms with van der Waals surface area (Å²) in [4.78, 5) is 0. The molecule has 0 aliphatic rings. The summed E-state index contributed by atoms with van der Waals surface area (Å²) in [5.74, 6) is 0.113. The van der Waals surface area contributed by atoms with Crippen LogP contribution in [0.3, 0.4) is 0 Å². The van der Waals surface area contributed by atoms with Crippen LogP contribution >= 0.6 is 0 Å². The van der Waals surface area contributed by atoms with Crippen LogP contribution in [0.2, 0.25) is 0 Å². The minimum Gasteiger partial charge on any atom is -0.772 e. The van der Waals surface area contributed by atoms with Crippen LogP contribution in [0.1, 0.15) is 11.1 Å². The van der Waals surface area contributed by atoms with E-state index in [9.17, 15) is 8.76 Å². The molecule has 1 aromatic carbocycles. The predicted octanol–water partition coefficient (Wildman–Crippen LogP) is -1.62. The molecule has 0 radical (unpaired) electrons. The van der Waals surface area contributed by atoms with Crippen LogP contribution in [-0.2, 0) is 16.8 Å².